The van der Waals surface area contributed by atoms with Crippen molar-refractivity contribution in [3.8, 4) is 11.5 Å². The zero-order chi connectivity index (χ0) is 47.3. The number of hydrogen-bond acceptors (Lipinski definition) is 13. The van der Waals surface area contributed by atoms with E-state index in [4.69, 9.17) is 9.47 Å². The number of aromatic nitrogens is 3. The number of piperidine rings is 1. The predicted octanol–water partition coefficient (Wildman–Crippen LogP) is 8.60. The number of benzene rings is 2. The van der Waals surface area contributed by atoms with Crippen molar-refractivity contribution in [3.63, 3.8) is 0 Å². The molecule has 4 aliphatic rings. The lowest BCUT2D eigenvalue weighted by Gasteiger charge is -2.58. The number of rotatable bonds is 13. The van der Waals surface area contributed by atoms with Crippen molar-refractivity contribution in [3.05, 3.63) is 106 Å². The second kappa shape index (κ2) is 18.4. The highest BCUT2D eigenvalue weighted by Gasteiger charge is 2.50. The van der Waals surface area contributed by atoms with E-state index in [0.717, 1.165) is 76.1 Å². The fourth-order valence-corrected chi connectivity index (χ4v) is 11.5. The van der Waals surface area contributed by atoms with E-state index in [-0.39, 0.29) is 51.7 Å². The standard InChI is InChI=1S/C49H59FN8O8S/c1-30(2)37-7-5-6-8-38(37)43-29-65-31(3)28-57(43)34-22-49(23-34)15-17-56(18-16-49)33-9-10-39(44(19-33)66-35-20-40-41(50)27-54-45(40)52-25-35)47(59)55-67(63,64)36-21-42(58(61)62)46(53-26-36)51-24-32-11-13-48(4,60)14-12-32/h5-10,19-21,25-27,30-32,34,43,60H,11-18,22-24,28-29H2,1-4H3,(H,51,53)(H,52,54)(H,55,59)/t31-,32?,43+,48?/m1/s1. The molecule has 18 heteroatoms. The SMILES string of the molecule is CC(C)c1ccccc1[C@@H]1CO[C@H](C)CN1C1CC2(CCN(c3ccc(C(=O)NS(=O)(=O)c4cnc(NCC5CCC(C)(O)CC5)c([N+](=O)[O-])c4)c(Oc4cnc5[nH]cc(F)c5c4)c3)CC2)C1. The Morgan fingerprint density at radius 2 is 1.82 bits per heavy atom. The van der Waals surface area contributed by atoms with Crippen LogP contribution in [0.4, 0.5) is 21.6 Å². The van der Waals surface area contributed by atoms with Crippen LogP contribution in [-0.4, -0.2) is 94.7 Å². The van der Waals surface area contributed by atoms with Gasteiger partial charge in [-0.1, -0.05) is 38.1 Å². The summed E-state index contributed by atoms with van der Waals surface area (Å²) in [7, 11) is -4.69. The number of aliphatic hydroxyl groups is 1. The van der Waals surface area contributed by atoms with Gasteiger partial charge in [0.05, 0.1) is 52.6 Å². The highest BCUT2D eigenvalue weighted by molar-refractivity contribution is 7.90. The first kappa shape index (κ1) is 46.4. The van der Waals surface area contributed by atoms with Crippen molar-refractivity contribution in [2.75, 3.05) is 43.0 Å². The van der Waals surface area contributed by atoms with Gasteiger partial charge < -0.3 is 29.8 Å². The molecule has 2 atom stereocenters. The van der Waals surface area contributed by atoms with Gasteiger partial charge in [-0.15, -0.1) is 0 Å². The average molecular weight is 939 g/mol. The second-order valence-corrected chi connectivity index (χ2v) is 21.4. The molecule has 5 aromatic rings. The Bertz CT molecular complexity index is 2760. The lowest BCUT2D eigenvalue weighted by molar-refractivity contribution is -0.384. The smallest absolute Gasteiger partial charge is 0.312 e. The largest absolute Gasteiger partial charge is 0.455 e. The number of halogens is 1. The number of aromatic amines is 1. The number of fused-ring (bicyclic) bond motifs is 1. The molecular weight excluding hydrogens is 880 g/mol. The van der Waals surface area contributed by atoms with Crippen LogP contribution in [0.5, 0.6) is 11.5 Å². The number of nitrogens with one attached hydrogen (secondary N) is 3. The van der Waals surface area contributed by atoms with Crippen molar-refractivity contribution in [1.82, 2.24) is 24.6 Å². The summed E-state index contributed by atoms with van der Waals surface area (Å²) in [5.41, 5.74) is 2.54. The minimum absolute atomic E-state index is 0.00771. The van der Waals surface area contributed by atoms with Gasteiger partial charge in [-0.25, -0.2) is 27.5 Å². The van der Waals surface area contributed by atoms with Crippen molar-refractivity contribution >= 4 is 44.2 Å². The molecule has 4 fully saturated rings. The zero-order valence-electron chi connectivity index (χ0n) is 38.3. The number of anilines is 2. The average Bonchev–Trinajstić information content (AvgIpc) is 3.66. The summed E-state index contributed by atoms with van der Waals surface area (Å²) in [6.07, 6.45) is 10.5. The van der Waals surface area contributed by atoms with E-state index < -0.39 is 42.9 Å². The summed E-state index contributed by atoms with van der Waals surface area (Å²) in [4.78, 5) is 40.8. The highest BCUT2D eigenvalue weighted by atomic mass is 32.2. The molecule has 4 N–H and O–H groups in total. The van der Waals surface area contributed by atoms with Gasteiger partial charge in [0.1, 0.15) is 27.9 Å². The Hall–Kier alpha value is -5.69. The van der Waals surface area contributed by atoms with Gasteiger partial charge in [-0.3, -0.25) is 19.8 Å². The molecule has 1 spiro atoms. The Balaban J connectivity index is 0.910. The number of morpholine rings is 1. The van der Waals surface area contributed by atoms with Gasteiger partial charge >= 0.3 is 5.69 Å². The summed E-state index contributed by atoms with van der Waals surface area (Å²) in [5.74, 6) is -1.02. The van der Waals surface area contributed by atoms with Crippen LogP contribution >= 0.6 is 0 Å². The molecule has 2 aromatic carbocycles. The third-order valence-electron chi connectivity index (χ3n) is 14.6. The molecule has 0 radical (unpaired) electrons. The number of sulfonamides is 1. The van der Waals surface area contributed by atoms with E-state index in [2.05, 4.69) is 75.1 Å². The molecule has 9 rings (SSSR count). The van der Waals surface area contributed by atoms with Crippen LogP contribution in [0.15, 0.2) is 78.1 Å². The van der Waals surface area contributed by atoms with Crippen LogP contribution in [0.1, 0.15) is 113 Å². The molecule has 0 unspecified atom stereocenters. The summed E-state index contributed by atoms with van der Waals surface area (Å²) in [6, 6.07) is 16.6. The Morgan fingerprint density at radius 3 is 2.55 bits per heavy atom. The summed E-state index contributed by atoms with van der Waals surface area (Å²) in [6.45, 7) is 11.9. The third-order valence-corrected chi connectivity index (χ3v) is 15.9. The van der Waals surface area contributed by atoms with Gasteiger partial charge in [0.25, 0.3) is 15.9 Å². The minimum atomic E-state index is -4.69. The van der Waals surface area contributed by atoms with Gasteiger partial charge in [-0.05, 0) is 112 Å². The number of hydrogen-bond donors (Lipinski definition) is 4. The van der Waals surface area contributed by atoms with E-state index in [1.807, 2.05) is 4.72 Å². The number of nitrogens with zero attached hydrogens (tertiary/aromatic N) is 5. The van der Waals surface area contributed by atoms with E-state index in [1.165, 1.54) is 35.7 Å². The van der Waals surface area contributed by atoms with Crippen molar-refractivity contribution < 1.29 is 37.1 Å². The molecule has 2 saturated carbocycles. The molecule has 2 aliphatic carbocycles. The molecule has 2 aliphatic heterocycles. The quantitative estimate of drug-likeness (QED) is 0.0646. The monoisotopic (exact) mass is 938 g/mol. The van der Waals surface area contributed by atoms with Gasteiger partial charge in [0.2, 0.25) is 5.82 Å². The maximum absolute atomic E-state index is 14.6. The van der Waals surface area contributed by atoms with Crippen LogP contribution in [-0.2, 0) is 14.8 Å². The maximum Gasteiger partial charge on any atom is 0.312 e. The molecule has 67 heavy (non-hydrogen) atoms. The first-order valence-corrected chi connectivity index (χ1v) is 24.8. The lowest BCUT2D eigenvalue weighted by atomic mass is 9.59. The first-order valence-electron chi connectivity index (χ1n) is 23.3. The fourth-order valence-electron chi connectivity index (χ4n) is 10.6. The van der Waals surface area contributed by atoms with Crippen molar-refractivity contribution in [1.29, 1.82) is 0 Å². The topological polar surface area (TPSA) is 205 Å². The Morgan fingerprint density at radius 1 is 1.07 bits per heavy atom. The number of nitro groups is 1. The number of carbonyl (C=O) groups is 1. The van der Waals surface area contributed by atoms with Crippen LogP contribution in [0, 0.1) is 27.3 Å². The lowest BCUT2D eigenvalue weighted by Crippen LogP contribution is -2.59. The van der Waals surface area contributed by atoms with E-state index in [0.29, 0.717) is 43.6 Å². The Kier molecular flexibility index (Phi) is 12.8. The Labute approximate surface area is 389 Å². The fraction of sp³-hybridized carbons (Fsp3) is 0.490. The summed E-state index contributed by atoms with van der Waals surface area (Å²) in [5, 5.41) is 25.6. The second-order valence-electron chi connectivity index (χ2n) is 19.7. The van der Waals surface area contributed by atoms with Crippen LogP contribution in [0.25, 0.3) is 11.0 Å². The maximum atomic E-state index is 14.6. The zero-order valence-corrected chi connectivity index (χ0v) is 39.2. The minimum Gasteiger partial charge on any atom is -0.455 e. The molecule has 16 nitrogen and oxygen atoms in total. The third kappa shape index (κ3) is 9.85. The van der Waals surface area contributed by atoms with Gasteiger partial charge in [0, 0.05) is 56.2 Å². The molecule has 3 aromatic heterocycles. The highest BCUT2D eigenvalue weighted by Crippen LogP contribution is 2.53. The van der Waals surface area contributed by atoms with Crippen LogP contribution < -0.4 is 19.7 Å². The predicted molar refractivity (Wildman–Crippen MR) is 251 cm³/mol. The number of H-pyrrole nitrogens is 1. The number of ether oxygens (including phenoxy) is 2. The van der Waals surface area contributed by atoms with Crippen LogP contribution in [0.3, 0.4) is 0 Å². The number of pyridine rings is 2. The van der Waals surface area contributed by atoms with Gasteiger partial charge in [-0.2, -0.15) is 0 Å². The molecule has 356 valence electrons. The number of carbonyl (C=O) groups excluding carboxylic acids is 1. The van der Waals surface area contributed by atoms with Gasteiger partial charge in [0.15, 0.2) is 0 Å². The summed E-state index contributed by atoms with van der Waals surface area (Å²) >= 11 is 0. The normalized spacial score (nSPS) is 23.6. The molecule has 5 heterocycles. The molecule has 1 amide bonds. The van der Waals surface area contributed by atoms with E-state index >= 15 is 0 Å². The molecule has 0 bridgehead atoms. The van der Waals surface area contributed by atoms with Crippen LogP contribution in [0.2, 0.25) is 0 Å². The number of amides is 1. The summed E-state index contributed by atoms with van der Waals surface area (Å²) < 4.78 is 56.6. The van der Waals surface area contributed by atoms with E-state index in [9.17, 15) is 32.8 Å². The van der Waals surface area contributed by atoms with E-state index in [1.54, 1.807) is 19.1 Å². The van der Waals surface area contributed by atoms with Crippen molar-refractivity contribution in [2.24, 2.45) is 11.3 Å². The van der Waals surface area contributed by atoms with Crippen molar-refractivity contribution in [2.45, 2.75) is 114 Å². The molecule has 2 saturated heterocycles. The first-order chi connectivity index (χ1) is 32.0. The molecular formula is C49H59FN8O8S.